The first-order valence-corrected chi connectivity index (χ1v) is 11.4. The molecule has 2 aromatic rings. The minimum absolute atomic E-state index is 0.119. The van der Waals surface area contributed by atoms with Gasteiger partial charge in [-0.15, -0.1) is 0 Å². The Hall–Kier alpha value is -2.82. The van der Waals surface area contributed by atoms with Crippen molar-refractivity contribution < 1.29 is 14.3 Å². The van der Waals surface area contributed by atoms with Gasteiger partial charge >= 0.3 is 0 Å². The van der Waals surface area contributed by atoms with Crippen molar-refractivity contribution in [2.75, 3.05) is 6.61 Å². The Balaban J connectivity index is 2.22. The van der Waals surface area contributed by atoms with E-state index in [1.165, 1.54) is 5.56 Å². The van der Waals surface area contributed by atoms with Gasteiger partial charge in [-0.1, -0.05) is 57.2 Å². The quantitative estimate of drug-likeness (QED) is 0.584. The Labute approximate surface area is 193 Å². The fourth-order valence-corrected chi connectivity index (χ4v) is 3.52. The SMILES string of the molecule is CC[C@H](C(=O)NC(C)(C)C)N(Cc1ccccc1C)C(=O)COc1ccc(C(C)C)cc1. The fourth-order valence-electron chi connectivity index (χ4n) is 3.52. The number of amides is 2. The number of hydrogen-bond acceptors (Lipinski definition) is 3. The molecule has 5 heteroatoms. The lowest BCUT2D eigenvalue weighted by molar-refractivity contribution is -0.143. The molecule has 0 aliphatic carbocycles. The van der Waals surface area contributed by atoms with E-state index in [0.29, 0.717) is 24.6 Å². The monoisotopic (exact) mass is 438 g/mol. The van der Waals surface area contributed by atoms with Gasteiger partial charge in [-0.25, -0.2) is 0 Å². The van der Waals surface area contributed by atoms with Crippen LogP contribution in [0.1, 0.15) is 70.6 Å². The Morgan fingerprint density at radius 2 is 1.66 bits per heavy atom. The first-order valence-electron chi connectivity index (χ1n) is 11.4. The Bertz CT molecular complexity index is 898. The van der Waals surface area contributed by atoms with E-state index in [4.69, 9.17) is 4.74 Å². The summed E-state index contributed by atoms with van der Waals surface area (Å²) in [5.74, 6) is 0.716. The van der Waals surface area contributed by atoms with Crippen LogP contribution in [0.4, 0.5) is 0 Å². The summed E-state index contributed by atoms with van der Waals surface area (Å²) < 4.78 is 5.80. The predicted octanol–water partition coefficient (Wildman–Crippen LogP) is 5.22. The molecule has 0 aliphatic heterocycles. The van der Waals surface area contributed by atoms with Gasteiger partial charge in [0.2, 0.25) is 5.91 Å². The maximum Gasteiger partial charge on any atom is 0.261 e. The standard InChI is InChI=1S/C27H38N2O3/c1-8-24(26(31)28-27(5,6)7)29(17-22-12-10-9-11-20(22)4)25(30)18-32-23-15-13-21(14-16-23)19(2)3/h9-16,19,24H,8,17-18H2,1-7H3,(H,28,31)/t24-/m1/s1. The summed E-state index contributed by atoms with van der Waals surface area (Å²) in [6.45, 7) is 14.3. The molecular weight excluding hydrogens is 400 g/mol. The molecule has 0 aromatic heterocycles. The molecule has 0 bridgehead atoms. The van der Waals surface area contributed by atoms with Gasteiger partial charge in [0.25, 0.3) is 5.91 Å². The van der Waals surface area contributed by atoms with E-state index < -0.39 is 6.04 Å². The van der Waals surface area contributed by atoms with Crippen molar-refractivity contribution in [3.05, 3.63) is 65.2 Å². The van der Waals surface area contributed by atoms with Crippen LogP contribution in [0.5, 0.6) is 5.75 Å². The molecule has 1 atom stereocenters. The lowest BCUT2D eigenvalue weighted by Crippen LogP contribution is -2.54. The third-order valence-corrected chi connectivity index (χ3v) is 5.40. The van der Waals surface area contributed by atoms with Crippen LogP contribution in [0.25, 0.3) is 0 Å². The molecule has 2 rings (SSSR count). The largest absolute Gasteiger partial charge is 0.484 e. The zero-order valence-corrected chi connectivity index (χ0v) is 20.6. The number of nitrogens with one attached hydrogen (secondary N) is 1. The molecule has 0 saturated heterocycles. The van der Waals surface area contributed by atoms with Crippen molar-refractivity contribution in [1.82, 2.24) is 10.2 Å². The normalized spacial score (nSPS) is 12.4. The number of hydrogen-bond donors (Lipinski definition) is 1. The van der Waals surface area contributed by atoms with Crippen LogP contribution in [0, 0.1) is 6.92 Å². The van der Waals surface area contributed by atoms with Gasteiger partial charge < -0.3 is 15.0 Å². The lowest BCUT2D eigenvalue weighted by Gasteiger charge is -2.33. The van der Waals surface area contributed by atoms with Crippen molar-refractivity contribution in [1.29, 1.82) is 0 Å². The molecule has 2 amide bonds. The minimum atomic E-state index is -0.576. The van der Waals surface area contributed by atoms with Crippen LogP contribution in [0.2, 0.25) is 0 Å². The Morgan fingerprint density at radius 1 is 1.03 bits per heavy atom. The van der Waals surface area contributed by atoms with Gasteiger partial charge in [-0.3, -0.25) is 9.59 Å². The molecule has 1 N–H and O–H groups in total. The van der Waals surface area contributed by atoms with Crippen LogP contribution in [-0.2, 0) is 16.1 Å². The number of rotatable bonds is 9. The fraction of sp³-hybridized carbons (Fsp3) is 0.481. The number of ether oxygens (including phenoxy) is 1. The summed E-state index contributed by atoms with van der Waals surface area (Å²) in [4.78, 5) is 28.0. The lowest BCUT2D eigenvalue weighted by atomic mass is 10.0. The molecule has 0 aliphatic rings. The summed E-state index contributed by atoms with van der Waals surface area (Å²) in [5.41, 5.74) is 2.94. The molecule has 0 unspecified atom stereocenters. The first kappa shape index (κ1) is 25.4. The van der Waals surface area contributed by atoms with Gasteiger partial charge in [0, 0.05) is 12.1 Å². The van der Waals surface area contributed by atoms with E-state index in [-0.39, 0.29) is 24.0 Å². The third kappa shape index (κ3) is 7.40. The van der Waals surface area contributed by atoms with E-state index >= 15 is 0 Å². The highest BCUT2D eigenvalue weighted by molar-refractivity contribution is 5.88. The molecule has 0 saturated carbocycles. The highest BCUT2D eigenvalue weighted by Crippen LogP contribution is 2.20. The van der Waals surface area contributed by atoms with Crippen molar-refractivity contribution >= 4 is 11.8 Å². The molecule has 0 heterocycles. The zero-order valence-electron chi connectivity index (χ0n) is 20.6. The van der Waals surface area contributed by atoms with Crippen LogP contribution >= 0.6 is 0 Å². The highest BCUT2D eigenvalue weighted by Gasteiger charge is 2.31. The van der Waals surface area contributed by atoms with Crippen molar-refractivity contribution in [3.63, 3.8) is 0 Å². The molecule has 0 fully saturated rings. The maximum atomic E-state index is 13.3. The van der Waals surface area contributed by atoms with Crippen LogP contribution in [-0.4, -0.2) is 34.9 Å². The van der Waals surface area contributed by atoms with Crippen LogP contribution in [0.15, 0.2) is 48.5 Å². The molecule has 0 radical (unpaired) electrons. The van der Waals surface area contributed by atoms with E-state index in [9.17, 15) is 9.59 Å². The van der Waals surface area contributed by atoms with Crippen LogP contribution < -0.4 is 10.1 Å². The Morgan fingerprint density at radius 3 is 2.19 bits per heavy atom. The third-order valence-electron chi connectivity index (χ3n) is 5.40. The van der Waals surface area contributed by atoms with Gasteiger partial charge in [0.1, 0.15) is 11.8 Å². The zero-order chi connectivity index (χ0) is 23.9. The summed E-state index contributed by atoms with van der Waals surface area (Å²) >= 11 is 0. The van der Waals surface area contributed by atoms with Crippen LogP contribution in [0.3, 0.4) is 0 Å². The molecule has 174 valence electrons. The van der Waals surface area contributed by atoms with Crippen molar-refractivity contribution in [2.45, 2.75) is 78.9 Å². The molecule has 0 spiro atoms. The Kier molecular flexibility index (Phi) is 8.88. The van der Waals surface area contributed by atoms with Gasteiger partial charge in [-0.05, 0) is 68.9 Å². The molecular formula is C27H38N2O3. The number of nitrogens with zero attached hydrogens (tertiary/aromatic N) is 1. The number of benzene rings is 2. The number of carbonyl (C=O) groups is 2. The average molecular weight is 439 g/mol. The summed E-state index contributed by atoms with van der Waals surface area (Å²) in [5, 5.41) is 3.02. The second-order valence-corrected chi connectivity index (χ2v) is 9.62. The van der Waals surface area contributed by atoms with E-state index in [2.05, 4.69) is 19.2 Å². The smallest absolute Gasteiger partial charge is 0.261 e. The number of carbonyl (C=O) groups excluding carboxylic acids is 2. The van der Waals surface area contributed by atoms with E-state index in [1.807, 2.05) is 83.1 Å². The summed E-state index contributed by atoms with van der Waals surface area (Å²) in [7, 11) is 0. The first-order chi connectivity index (χ1) is 15.0. The van der Waals surface area contributed by atoms with Gasteiger partial charge in [0.15, 0.2) is 6.61 Å². The molecule has 2 aromatic carbocycles. The summed E-state index contributed by atoms with van der Waals surface area (Å²) in [6, 6.07) is 15.2. The predicted molar refractivity (Wildman–Crippen MR) is 130 cm³/mol. The minimum Gasteiger partial charge on any atom is -0.484 e. The average Bonchev–Trinajstić information content (AvgIpc) is 2.72. The molecule has 32 heavy (non-hydrogen) atoms. The van der Waals surface area contributed by atoms with E-state index in [1.54, 1.807) is 4.90 Å². The van der Waals surface area contributed by atoms with Crippen molar-refractivity contribution in [2.24, 2.45) is 0 Å². The topological polar surface area (TPSA) is 58.6 Å². The van der Waals surface area contributed by atoms with Gasteiger partial charge in [-0.2, -0.15) is 0 Å². The number of aryl methyl sites for hydroxylation is 1. The second-order valence-electron chi connectivity index (χ2n) is 9.62. The van der Waals surface area contributed by atoms with Gasteiger partial charge in [0.05, 0.1) is 0 Å². The summed E-state index contributed by atoms with van der Waals surface area (Å²) in [6.07, 6.45) is 0.516. The highest BCUT2D eigenvalue weighted by atomic mass is 16.5. The van der Waals surface area contributed by atoms with E-state index in [0.717, 1.165) is 11.1 Å². The van der Waals surface area contributed by atoms with Crippen molar-refractivity contribution in [3.8, 4) is 5.75 Å². The second kappa shape index (κ2) is 11.2. The molecule has 5 nitrogen and oxygen atoms in total. The maximum absolute atomic E-state index is 13.3.